The Morgan fingerprint density at radius 2 is 1.94 bits per heavy atom. The van der Waals surface area contributed by atoms with Gasteiger partial charge in [0.25, 0.3) is 5.91 Å². The van der Waals surface area contributed by atoms with Crippen LogP contribution in [0.3, 0.4) is 0 Å². The molecule has 3 aromatic carbocycles. The Morgan fingerprint density at radius 1 is 1.17 bits per heavy atom. The summed E-state index contributed by atoms with van der Waals surface area (Å²) < 4.78 is 11.8. The molecule has 0 bridgehead atoms. The second-order valence-electron chi connectivity index (χ2n) is 8.26. The number of hydrogen-bond acceptors (Lipinski definition) is 5. The molecule has 1 heterocycles. The van der Waals surface area contributed by atoms with Crippen LogP contribution in [-0.4, -0.2) is 37.3 Å². The number of rotatable bonds is 9. The highest BCUT2D eigenvalue weighted by Gasteiger charge is 2.16. The molecule has 0 radical (unpaired) electrons. The third-order valence-electron chi connectivity index (χ3n) is 5.81. The molecular formula is C28H28BrN3O3. The van der Waals surface area contributed by atoms with E-state index >= 15 is 0 Å². The van der Waals surface area contributed by atoms with Crippen molar-refractivity contribution < 1.29 is 14.3 Å². The molecule has 6 nitrogen and oxygen atoms in total. The van der Waals surface area contributed by atoms with Crippen molar-refractivity contribution in [3.05, 3.63) is 106 Å². The van der Waals surface area contributed by atoms with Gasteiger partial charge in [0.2, 0.25) is 0 Å². The number of hydrogen-bond donors (Lipinski definition) is 1. The molecule has 0 atom stereocenters. The minimum absolute atomic E-state index is 0.267. The van der Waals surface area contributed by atoms with E-state index in [0.29, 0.717) is 23.7 Å². The van der Waals surface area contributed by atoms with Gasteiger partial charge in [0.15, 0.2) is 11.5 Å². The van der Waals surface area contributed by atoms with Gasteiger partial charge >= 0.3 is 0 Å². The summed E-state index contributed by atoms with van der Waals surface area (Å²) in [5.41, 5.74) is 7.91. The summed E-state index contributed by atoms with van der Waals surface area (Å²) in [6.45, 7) is 6.87. The normalized spacial score (nSPS) is 13.3. The zero-order valence-corrected chi connectivity index (χ0v) is 21.3. The van der Waals surface area contributed by atoms with E-state index in [2.05, 4.69) is 62.2 Å². The Balaban J connectivity index is 1.33. The van der Waals surface area contributed by atoms with Crippen LogP contribution < -0.4 is 14.9 Å². The highest BCUT2D eigenvalue weighted by Crippen LogP contribution is 2.36. The molecule has 0 saturated carbocycles. The largest absolute Gasteiger partial charge is 0.493 e. The van der Waals surface area contributed by atoms with Crippen molar-refractivity contribution in [2.45, 2.75) is 19.5 Å². The summed E-state index contributed by atoms with van der Waals surface area (Å²) in [4.78, 5) is 15.0. The molecule has 0 spiro atoms. The fourth-order valence-electron chi connectivity index (χ4n) is 4.04. The van der Waals surface area contributed by atoms with Gasteiger partial charge in [-0.25, -0.2) is 5.43 Å². The number of nitrogens with one attached hydrogen (secondary N) is 1. The van der Waals surface area contributed by atoms with Crippen LogP contribution in [0.25, 0.3) is 0 Å². The number of carbonyl (C=O) groups is 1. The van der Waals surface area contributed by atoms with E-state index in [1.807, 2.05) is 30.3 Å². The van der Waals surface area contributed by atoms with Gasteiger partial charge in [-0.05, 0) is 68.9 Å². The van der Waals surface area contributed by atoms with Crippen LogP contribution in [-0.2, 0) is 19.5 Å². The minimum atomic E-state index is -0.267. The molecule has 35 heavy (non-hydrogen) atoms. The van der Waals surface area contributed by atoms with Crippen LogP contribution in [0.15, 0.2) is 82.9 Å². The number of fused-ring (bicyclic) bond motifs is 1. The van der Waals surface area contributed by atoms with Gasteiger partial charge in [-0.2, -0.15) is 5.10 Å². The molecule has 0 unspecified atom stereocenters. The second kappa shape index (κ2) is 11.8. The third-order valence-corrected chi connectivity index (χ3v) is 6.40. The smallest absolute Gasteiger partial charge is 0.271 e. The lowest BCUT2D eigenvalue weighted by atomic mass is 9.99. The number of nitrogens with zero attached hydrogens (tertiary/aromatic N) is 2. The SMILES string of the molecule is C=CCOc1c(Br)cc(/C=N/NC(=O)c2ccc(CN3CCc4ccccc4C3)cc2)cc1OC. The molecule has 0 fully saturated rings. The molecule has 1 N–H and O–H groups in total. The van der Waals surface area contributed by atoms with Crippen molar-refractivity contribution in [2.75, 3.05) is 20.3 Å². The second-order valence-corrected chi connectivity index (χ2v) is 9.11. The molecule has 0 saturated heterocycles. The zero-order valence-electron chi connectivity index (χ0n) is 19.7. The van der Waals surface area contributed by atoms with Crippen molar-refractivity contribution in [3.8, 4) is 11.5 Å². The highest BCUT2D eigenvalue weighted by molar-refractivity contribution is 9.10. The first kappa shape index (κ1) is 24.7. The molecule has 0 aromatic heterocycles. The number of ether oxygens (including phenoxy) is 2. The summed E-state index contributed by atoms with van der Waals surface area (Å²) in [5, 5.41) is 4.10. The van der Waals surface area contributed by atoms with Crippen molar-refractivity contribution in [1.29, 1.82) is 0 Å². The standard InChI is InChI=1S/C28H28BrN3O3/c1-3-14-35-27-25(29)15-21(16-26(27)34-2)17-30-31-28(33)23-10-8-20(9-11-23)18-32-13-12-22-6-4-5-7-24(22)19-32/h3-11,15-17H,1,12-14,18-19H2,2H3,(H,31,33)/b30-17+. The van der Waals surface area contributed by atoms with Crippen molar-refractivity contribution in [1.82, 2.24) is 10.3 Å². The minimum Gasteiger partial charge on any atom is -0.493 e. The van der Waals surface area contributed by atoms with Gasteiger partial charge in [-0.1, -0.05) is 49.1 Å². The maximum absolute atomic E-state index is 12.5. The number of benzene rings is 3. The average molecular weight is 534 g/mol. The zero-order chi connectivity index (χ0) is 24.6. The molecule has 7 heteroatoms. The number of carbonyl (C=O) groups excluding carboxylic acids is 1. The van der Waals surface area contributed by atoms with Crippen LogP contribution in [0, 0.1) is 0 Å². The predicted octanol–water partition coefficient (Wildman–Crippen LogP) is 5.34. The number of methoxy groups -OCH3 is 1. The number of halogens is 1. The highest BCUT2D eigenvalue weighted by atomic mass is 79.9. The van der Waals surface area contributed by atoms with Crippen molar-refractivity contribution >= 4 is 28.1 Å². The first-order valence-corrected chi connectivity index (χ1v) is 12.2. The van der Waals surface area contributed by atoms with Gasteiger partial charge in [-0.15, -0.1) is 0 Å². The van der Waals surface area contributed by atoms with E-state index in [9.17, 15) is 4.79 Å². The molecule has 1 amide bonds. The Bertz CT molecular complexity index is 1220. The summed E-state index contributed by atoms with van der Waals surface area (Å²) in [5.74, 6) is 0.876. The Hall–Kier alpha value is -3.42. The first-order chi connectivity index (χ1) is 17.1. The molecule has 3 aromatic rings. The van der Waals surface area contributed by atoms with E-state index in [1.165, 1.54) is 16.7 Å². The van der Waals surface area contributed by atoms with E-state index in [4.69, 9.17) is 9.47 Å². The van der Waals surface area contributed by atoms with E-state index in [0.717, 1.165) is 36.1 Å². The van der Waals surface area contributed by atoms with Crippen LogP contribution >= 0.6 is 15.9 Å². The van der Waals surface area contributed by atoms with Gasteiger partial charge in [0, 0.05) is 25.2 Å². The monoisotopic (exact) mass is 533 g/mol. The van der Waals surface area contributed by atoms with Crippen molar-refractivity contribution in [2.24, 2.45) is 5.10 Å². The van der Waals surface area contributed by atoms with Gasteiger partial charge in [0.1, 0.15) is 6.61 Å². The Labute approximate surface area is 214 Å². The van der Waals surface area contributed by atoms with Gasteiger partial charge in [0.05, 0.1) is 17.8 Å². The third kappa shape index (κ3) is 6.38. The summed E-state index contributed by atoms with van der Waals surface area (Å²) in [6.07, 6.45) is 4.29. The van der Waals surface area contributed by atoms with E-state index in [1.54, 1.807) is 25.5 Å². The predicted molar refractivity (Wildman–Crippen MR) is 142 cm³/mol. The maximum atomic E-state index is 12.5. The summed E-state index contributed by atoms with van der Waals surface area (Å²) in [6, 6.07) is 19.9. The molecule has 4 rings (SSSR count). The lowest BCUT2D eigenvalue weighted by Crippen LogP contribution is -2.30. The van der Waals surface area contributed by atoms with E-state index in [-0.39, 0.29) is 5.91 Å². The fraction of sp³-hybridized carbons (Fsp3) is 0.214. The Kier molecular flexibility index (Phi) is 8.34. The lowest BCUT2D eigenvalue weighted by molar-refractivity contribution is 0.0955. The first-order valence-electron chi connectivity index (χ1n) is 11.4. The van der Waals surface area contributed by atoms with Gasteiger partial charge in [-0.3, -0.25) is 9.69 Å². The topological polar surface area (TPSA) is 63.2 Å². The van der Waals surface area contributed by atoms with Crippen LogP contribution in [0.5, 0.6) is 11.5 Å². The molecule has 1 aliphatic rings. The molecule has 180 valence electrons. The number of amides is 1. The van der Waals surface area contributed by atoms with Crippen molar-refractivity contribution in [3.63, 3.8) is 0 Å². The quantitative estimate of drug-likeness (QED) is 0.229. The van der Waals surface area contributed by atoms with E-state index < -0.39 is 0 Å². The fourth-order valence-corrected chi connectivity index (χ4v) is 4.61. The Morgan fingerprint density at radius 3 is 2.69 bits per heavy atom. The summed E-state index contributed by atoms with van der Waals surface area (Å²) >= 11 is 3.49. The lowest BCUT2D eigenvalue weighted by Gasteiger charge is -2.28. The van der Waals surface area contributed by atoms with Gasteiger partial charge < -0.3 is 9.47 Å². The van der Waals surface area contributed by atoms with Crippen LogP contribution in [0.1, 0.15) is 32.6 Å². The molecule has 1 aliphatic heterocycles. The summed E-state index contributed by atoms with van der Waals surface area (Å²) in [7, 11) is 1.57. The maximum Gasteiger partial charge on any atom is 0.271 e. The van der Waals surface area contributed by atoms with Crippen LogP contribution in [0.4, 0.5) is 0 Å². The van der Waals surface area contributed by atoms with Crippen LogP contribution in [0.2, 0.25) is 0 Å². The number of hydrazone groups is 1. The molecule has 0 aliphatic carbocycles. The molecular weight excluding hydrogens is 506 g/mol. The average Bonchev–Trinajstić information content (AvgIpc) is 2.88.